The number of benzene rings is 1. The number of aryl methyl sites for hydroxylation is 1. The van der Waals surface area contributed by atoms with E-state index in [2.05, 4.69) is 27.3 Å². The molecule has 2 heterocycles. The summed E-state index contributed by atoms with van der Waals surface area (Å²) in [6, 6.07) is 7.95. The number of hydrogen-bond acceptors (Lipinski definition) is 4. The zero-order valence-electron chi connectivity index (χ0n) is 15.1. The molecule has 1 N–H and O–H groups in total. The molecule has 0 radical (unpaired) electrons. The molecule has 4 nitrogen and oxygen atoms in total. The van der Waals surface area contributed by atoms with Crippen molar-refractivity contribution in [1.82, 2.24) is 15.2 Å². The molecule has 1 aliphatic heterocycles. The third-order valence-electron chi connectivity index (χ3n) is 4.75. The Morgan fingerprint density at radius 2 is 1.88 bits per heavy atom. The minimum absolute atomic E-state index is 0.0422. The number of nitrogens with one attached hydrogen (secondary N) is 1. The van der Waals surface area contributed by atoms with Gasteiger partial charge in [0.05, 0.1) is 16.7 Å². The maximum absolute atomic E-state index is 12.4. The third kappa shape index (κ3) is 5.13. The number of aromatic nitrogens is 1. The van der Waals surface area contributed by atoms with Gasteiger partial charge in [0.2, 0.25) is 0 Å². The van der Waals surface area contributed by atoms with Crippen molar-refractivity contribution in [2.45, 2.75) is 52.1 Å². The van der Waals surface area contributed by atoms with Crippen molar-refractivity contribution in [2.24, 2.45) is 0 Å². The third-order valence-corrected chi connectivity index (χ3v) is 5.54. The van der Waals surface area contributed by atoms with Gasteiger partial charge in [-0.25, -0.2) is 4.98 Å². The average molecular weight is 358 g/mol. The van der Waals surface area contributed by atoms with Crippen molar-refractivity contribution in [3.63, 3.8) is 0 Å². The van der Waals surface area contributed by atoms with Crippen LogP contribution in [0.3, 0.4) is 0 Å². The topological polar surface area (TPSA) is 45.2 Å². The van der Waals surface area contributed by atoms with Crippen molar-refractivity contribution in [2.75, 3.05) is 13.1 Å². The molecular weight excluding hydrogens is 330 g/mol. The molecule has 1 unspecified atom stereocenters. The van der Waals surface area contributed by atoms with Gasteiger partial charge in [-0.3, -0.25) is 9.69 Å². The molecule has 25 heavy (non-hydrogen) atoms. The van der Waals surface area contributed by atoms with Crippen LogP contribution in [0.5, 0.6) is 0 Å². The Labute approximate surface area is 154 Å². The Bertz CT molecular complexity index is 687. The number of carbonyl (C=O) groups excluding carboxylic acids is 1. The smallest absolute Gasteiger partial charge is 0.251 e. The second-order valence-corrected chi connectivity index (χ2v) is 7.94. The Balaban J connectivity index is 1.56. The van der Waals surface area contributed by atoms with E-state index in [-0.39, 0.29) is 11.9 Å². The second-order valence-electron chi connectivity index (χ2n) is 6.87. The van der Waals surface area contributed by atoms with E-state index in [0.717, 1.165) is 17.2 Å². The Morgan fingerprint density at radius 3 is 2.48 bits per heavy atom. The minimum Gasteiger partial charge on any atom is -0.344 e. The van der Waals surface area contributed by atoms with E-state index in [4.69, 9.17) is 0 Å². The van der Waals surface area contributed by atoms with Crippen molar-refractivity contribution in [3.8, 4) is 0 Å². The highest BCUT2D eigenvalue weighted by Gasteiger charge is 2.14. The van der Waals surface area contributed by atoms with Crippen LogP contribution in [0.2, 0.25) is 0 Å². The van der Waals surface area contributed by atoms with Crippen LogP contribution in [-0.2, 0) is 6.54 Å². The van der Waals surface area contributed by atoms with Crippen LogP contribution >= 0.6 is 11.3 Å². The first-order chi connectivity index (χ1) is 12.1. The molecule has 0 aliphatic carbocycles. The van der Waals surface area contributed by atoms with Gasteiger partial charge in [-0.1, -0.05) is 25.0 Å². The summed E-state index contributed by atoms with van der Waals surface area (Å²) in [7, 11) is 0. The first-order valence-electron chi connectivity index (χ1n) is 9.16. The molecule has 0 spiro atoms. The second kappa shape index (κ2) is 8.59. The van der Waals surface area contributed by atoms with Crippen LogP contribution in [0.15, 0.2) is 29.6 Å². The quantitative estimate of drug-likeness (QED) is 0.867. The molecule has 1 aromatic carbocycles. The van der Waals surface area contributed by atoms with Crippen LogP contribution in [0.1, 0.15) is 65.3 Å². The van der Waals surface area contributed by atoms with Gasteiger partial charge >= 0.3 is 0 Å². The lowest BCUT2D eigenvalue weighted by atomic mass is 10.1. The van der Waals surface area contributed by atoms with Crippen molar-refractivity contribution in [3.05, 3.63) is 51.5 Å². The maximum Gasteiger partial charge on any atom is 0.251 e. The highest BCUT2D eigenvalue weighted by atomic mass is 32.1. The van der Waals surface area contributed by atoms with Gasteiger partial charge in [0.1, 0.15) is 0 Å². The SMILES string of the molecule is Cc1nc(C(C)NC(=O)c2ccc(CN3CCCCCC3)cc2)cs1. The summed E-state index contributed by atoms with van der Waals surface area (Å²) in [4.78, 5) is 19.4. The van der Waals surface area contributed by atoms with E-state index in [1.54, 1.807) is 11.3 Å². The number of nitrogens with zero attached hydrogens (tertiary/aromatic N) is 2. The van der Waals surface area contributed by atoms with E-state index in [1.165, 1.54) is 44.3 Å². The lowest BCUT2D eigenvalue weighted by Crippen LogP contribution is -2.27. The summed E-state index contributed by atoms with van der Waals surface area (Å²) >= 11 is 1.61. The normalized spacial score (nSPS) is 17.0. The van der Waals surface area contributed by atoms with E-state index in [0.29, 0.717) is 5.56 Å². The average Bonchev–Trinajstić information content (AvgIpc) is 2.88. The standard InChI is InChI=1S/C20H27N3OS/c1-15(19-14-25-16(2)22-19)21-20(24)18-9-7-17(8-10-18)13-23-11-5-3-4-6-12-23/h7-10,14-15H,3-6,11-13H2,1-2H3,(H,21,24). The number of likely N-dealkylation sites (tertiary alicyclic amines) is 1. The molecule has 1 aromatic heterocycles. The van der Waals surface area contributed by atoms with Crippen LogP contribution in [-0.4, -0.2) is 28.9 Å². The molecule has 2 aromatic rings. The van der Waals surface area contributed by atoms with E-state index < -0.39 is 0 Å². The molecule has 0 bridgehead atoms. The molecule has 1 aliphatic rings. The van der Waals surface area contributed by atoms with Gasteiger partial charge in [0.25, 0.3) is 5.91 Å². The lowest BCUT2D eigenvalue weighted by molar-refractivity contribution is 0.0939. The van der Waals surface area contributed by atoms with Gasteiger partial charge in [-0.2, -0.15) is 0 Å². The van der Waals surface area contributed by atoms with Gasteiger partial charge in [0.15, 0.2) is 0 Å². The number of rotatable bonds is 5. The molecule has 134 valence electrons. The predicted octanol–water partition coefficient (Wildman–Crippen LogP) is 4.32. The van der Waals surface area contributed by atoms with E-state index >= 15 is 0 Å². The Morgan fingerprint density at radius 1 is 1.20 bits per heavy atom. The first-order valence-corrected chi connectivity index (χ1v) is 10.0. The van der Waals surface area contributed by atoms with Crippen LogP contribution < -0.4 is 5.32 Å². The van der Waals surface area contributed by atoms with Crippen molar-refractivity contribution in [1.29, 1.82) is 0 Å². The fourth-order valence-corrected chi connectivity index (χ4v) is 3.95. The fourth-order valence-electron chi connectivity index (χ4n) is 3.25. The molecule has 0 saturated carbocycles. The van der Waals surface area contributed by atoms with Gasteiger partial charge in [-0.05, 0) is 57.5 Å². The first kappa shape index (κ1) is 18.1. The minimum atomic E-state index is -0.0748. The van der Waals surface area contributed by atoms with E-state index in [9.17, 15) is 4.79 Å². The molecule has 1 atom stereocenters. The van der Waals surface area contributed by atoms with Crippen LogP contribution in [0.25, 0.3) is 0 Å². The van der Waals surface area contributed by atoms with Crippen molar-refractivity contribution < 1.29 is 4.79 Å². The molecule has 1 fully saturated rings. The largest absolute Gasteiger partial charge is 0.344 e. The highest BCUT2D eigenvalue weighted by Crippen LogP contribution is 2.17. The molecule has 1 saturated heterocycles. The summed E-state index contributed by atoms with van der Waals surface area (Å²) in [6.07, 6.45) is 5.31. The van der Waals surface area contributed by atoms with Crippen LogP contribution in [0, 0.1) is 6.92 Å². The fraction of sp³-hybridized carbons (Fsp3) is 0.500. The number of amides is 1. The maximum atomic E-state index is 12.4. The van der Waals surface area contributed by atoms with E-state index in [1.807, 2.05) is 31.4 Å². The molecular formula is C20H27N3OS. The summed E-state index contributed by atoms with van der Waals surface area (Å²) in [5, 5.41) is 6.06. The number of hydrogen-bond donors (Lipinski definition) is 1. The monoisotopic (exact) mass is 357 g/mol. The van der Waals surface area contributed by atoms with Gasteiger partial charge in [0, 0.05) is 17.5 Å². The number of carbonyl (C=O) groups is 1. The summed E-state index contributed by atoms with van der Waals surface area (Å²) in [5.41, 5.74) is 2.91. The molecule has 5 heteroatoms. The van der Waals surface area contributed by atoms with Crippen LogP contribution in [0.4, 0.5) is 0 Å². The summed E-state index contributed by atoms with van der Waals surface area (Å²) < 4.78 is 0. The molecule has 1 amide bonds. The summed E-state index contributed by atoms with van der Waals surface area (Å²) in [5.74, 6) is -0.0422. The zero-order valence-corrected chi connectivity index (χ0v) is 15.9. The Hall–Kier alpha value is -1.72. The number of thiazole rings is 1. The zero-order chi connectivity index (χ0) is 17.6. The lowest BCUT2D eigenvalue weighted by Gasteiger charge is -2.19. The highest BCUT2D eigenvalue weighted by molar-refractivity contribution is 7.09. The Kier molecular flexibility index (Phi) is 6.21. The predicted molar refractivity (Wildman–Crippen MR) is 103 cm³/mol. The van der Waals surface area contributed by atoms with Crippen molar-refractivity contribution >= 4 is 17.2 Å². The summed E-state index contributed by atoms with van der Waals surface area (Å²) in [6.45, 7) is 7.31. The molecule has 3 rings (SSSR count). The van der Waals surface area contributed by atoms with Gasteiger partial charge < -0.3 is 5.32 Å². The van der Waals surface area contributed by atoms with Gasteiger partial charge in [-0.15, -0.1) is 11.3 Å².